The second-order valence-electron chi connectivity index (χ2n) is 6.83. The predicted octanol–water partition coefficient (Wildman–Crippen LogP) is 4.55. The van der Waals surface area contributed by atoms with Crippen LogP contribution in [0.1, 0.15) is 22.3 Å². The van der Waals surface area contributed by atoms with Gasteiger partial charge in [-0.3, -0.25) is 10.1 Å². The van der Waals surface area contributed by atoms with E-state index in [0.29, 0.717) is 6.54 Å². The molecule has 2 aromatic carbocycles. The summed E-state index contributed by atoms with van der Waals surface area (Å²) in [6, 6.07) is 21.1. The topological polar surface area (TPSA) is 54.3 Å². The van der Waals surface area contributed by atoms with Gasteiger partial charge in [-0.05, 0) is 43.2 Å². The highest BCUT2D eigenvalue weighted by Crippen LogP contribution is 2.38. The maximum absolute atomic E-state index is 11.2. The van der Waals surface area contributed by atoms with Gasteiger partial charge in [-0.25, -0.2) is 0 Å². The number of aromatic nitrogens is 1. The van der Waals surface area contributed by atoms with Gasteiger partial charge in [-0.15, -0.1) is 11.8 Å². The van der Waals surface area contributed by atoms with E-state index in [4.69, 9.17) is 0 Å². The molecule has 4 rings (SSSR count). The van der Waals surface area contributed by atoms with Gasteiger partial charge < -0.3 is 9.67 Å². The number of rotatable bonds is 4. The molecule has 0 spiro atoms. The second kappa shape index (κ2) is 7.25. The van der Waals surface area contributed by atoms with Gasteiger partial charge in [0, 0.05) is 29.2 Å². The summed E-state index contributed by atoms with van der Waals surface area (Å²) in [5, 5.41) is 12.2. The van der Waals surface area contributed by atoms with Crippen LogP contribution in [-0.2, 0) is 4.79 Å². The average Bonchev–Trinajstić information content (AvgIpc) is 3.28. The van der Waals surface area contributed by atoms with Crippen LogP contribution in [0.3, 0.4) is 0 Å². The lowest BCUT2D eigenvalue weighted by Crippen LogP contribution is -2.21. The van der Waals surface area contributed by atoms with E-state index in [1.807, 2.05) is 18.2 Å². The highest BCUT2D eigenvalue weighted by Gasteiger charge is 2.32. The molecule has 2 N–H and O–H groups in total. The van der Waals surface area contributed by atoms with Gasteiger partial charge in [0.1, 0.15) is 5.25 Å². The van der Waals surface area contributed by atoms with Crippen molar-refractivity contribution in [3.05, 3.63) is 77.6 Å². The van der Waals surface area contributed by atoms with Crippen molar-refractivity contribution in [2.75, 3.05) is 6.54 Å². The Kier molecular flexibility index (Phi) is 4.81. The first-order chi connectivity index (χ1) is 13.0. The van der Waals surface area contributed by atoms with E-state index in [2.05, 4.69) is 66.2 Å². The molecule has 1 aliphatic rings. The molecule has 1 saturated heterocycles. The molecule has 2 heterocycles. The number of carboxylic acids is 1. The lowest BCUT2D eigenvalue weighted by atomic mass is 10.1. The van der Waals surface area contributed by atoms with Gasteiger partial charge in [0.2, 0.25) is 0 Å². The normalized spacial score (nSPS) is 19.3. The van der Waals surface area contributed by atoms with Crippen LogP contribution in [0.25, 0.3) is 16.8 Å². The summed E-state index contributed by atoms with van der Waals surface area (Å²) in [4.78, 5) is 11.2. The number of carboxylic acid groups (broad SMARTS) is 1. The van der Waals surface area contributed by atoms with Crippen molar-refractivity contribution in [1.29, 1.82) is 0 Å². The predicted molar refractivity (Wildman–Crippen MR) is 110 cm³/mol. The molecule has 0 amide bonds. The van der Waals surface area contributed by atoms with Crippen molar-refractivity contribution in [3.63, 3.8) is 0 Å². The standard InChI is InChI=1S/C22H22N2O2S/c1-14-12-19(21-23-13-20(27-21)22(25)26)15(2)24(14)18-10-8-17(9-11-18)16-6-4-3-5-7-16/h3-12,20-21,23H,13H2,1-2H3,(H,25,26)/t20-,21+/m0/s1. The van der Waals surface area contributed by atoms with Crippen LogP contribution in [0.2, 0.25) is 0 Å². The molecule has 0 aliphatic carbocycles. The van der Waals surface area contributed by atoms with Crippen molar-refractivity contribution < 1.29 is 9.90 Å². The van der Waals surface area contributed by atoms with Crippen molar-refractivity contribution >= 4 is 17.7 Å². The molecule has 5 heteroatoms. The van der Waals surface area contributed by atoms with Gasteiger partial charge in [0.15, 0.2) is 0 Å². The van der Waals surface area contributed by atoms with E-state index in [9.17, 15) is 9.90 Å². The third-order valence-electron chi connectivity index (χ3n) is 5.05. The molecule has 27 heavy (non-hydrogen) atoms. The molecule has 1 aromatic heterocycles. The van der Waals surface area contributed by atoms with Crippen LogP contribution in [0.15, 0.2) is 60.7 Å². The average molecular weight is 378 g/mol. The van der Waals surface area contributed by atoms with E-state index >= 15 is 0 Å². The second-order valence-corrected chi connectivity index (χ2v) is 8.14. The van der Waals surface area contributed by atoms with E-state index in [-0.39, 0.29) is 10.6 Å². The number of nitrogens with zero attached hydrogens (tertiary/aromatic N) is 1. The first-order valence-corrected chi connectivity index (χ1v) is 9.95. The lowest BCUT2D eigenvalue weighted by Gasteiger charge is -2.13. The molecule has 0 saturated carbocycles. The van der Waals surface area contributed by atoms with Gasteiger partial charge in [0.25, 0.3) is 0 Å². The zero-order chi connectivity index (χ0) is 19.0. The summed E-state index contributed by atoms with van der Waals surface area (Å²) in [6.07, 6.45) is 0. The van der Waals surface area contributed by atoms with Gasteiger partial charge in [0.05, 0.1) is 5.37 Å². The smallest absolute Gasteiger partial charge is 0.318 e. The van der Waals surface area contributed by atoms with Crippen LogP contribution < -0.4 is 5.32 Å². The van der Waals surface area contributed by atoms with Crippen LogP contribution in [0, 0.1) is 13.8 Å². The van der Waals surface area contributed by atoms with Crippen molar-refractivity contribution in [1.82, 2.24) is 9.88 Å². The molecule has 0 bridgehead atoms. The number of aryl methyl sites for hydroxylation is 1. The zero-order valence-corrected chi connectivity index (χ0v) is 16.2. The Balaban J connectivity index is 1.63. The summed E-state index contributed by atoms with van der Waals surface area (Å²) >= 11 is 1.48. The summed E-state index contributed by atoms with van der Waals surface area (Å²) in [7, 11) is 0. The van der Waals surface area contributed by atoms with Crippen LogP contribution in [0.5, 0.6) is 0 Å². The molecule has 0 unspecified atom stereocenters. The monoisotopic (exact) mass is 378 g/mol. The number of hydrogen-bond donors (Lipinski definition) is 2. The summed E-state index contributed by atoms with van der Waals surface area (Å²) in [5.41, 5.74) is 6.98. The van der Waals surface area contributed by atoms with Gasteiger partial charge in [-0.1, -0.05) is 42.5 Å². The fourth-order valence-corrected chi connectivity index (χ4v) is 4.90. The molecule has 138 valence electrons. The number of hydrogen-bond acceptors (Lipinski definition) is 3. The molecular weight excluding hydrogens is 356 g/mol. The largest absolute Gasteiger partial charge is 0.480 e. The van der Waals surface area contributed by atoms with Gasteiger partial charge >= 0.3 is 5.97 Å². The minimum Gasteiger partial charge on any atom is -0.480 e. The van der Waals surface area contributed by atoms with E-state index < -0.39 is 5.97 Å². The zero-order valence-electron chi connectivity index (χ0n) is 15.3. The summed E-state index contributed by atoms with van der Waals surface area (Å²) in [5.74, 6) is -0.750. The Morgan fingerprint density at radius 1 is 1.07 bits per heavy atom. The number of carbonyl (C=O) groups is 1. The highest BCUT2D eigenvalue weighted by molar-refractivity contribution is 8.01. The Bertz CT molecular complexity index is 964. The summed E-state index contributed by atoms with van der Waals surface area (Å²) < 4.78 is 2.24. The number of nitrogens with one attached hydrogen (secondary N) is 1. The Labute approximate surface area is 163 Å². The molecule has 4 nitrogen and oxygen atoms in total. The van der Waals surface area contributed by atoms with E-state index in [0.717, 1.165) is 22.6 Å². The number of benzene rings is 2. The Morgan fingerprint density at radius 3 is 2.37 bits per heavy atom. The molecule has 0 radical (unpaired) electrons. The Hall–Kier alpha value is -2.50. The molecule has 3 aromatic rings. The number of thioether (sulfide) groups is 1. The molecule has 1 fully saturated rings. The van der Waals surface area contributed by atoms with E-state index in [1.54, 1.807) is 0 Å². The fraction of sp³-hybridized carbons (Fsp3) is 0.227. The van der Waals surface area contributed by atoms with Crippen LogP contribution in [-0.4, -0.2) is 27.4 Å². The summed E-state index contributed by atoms with van der Waals surface area (Å²) in [6.45, 7) is 4.69. The van der Waals surface area contributed by atoms with Crippen molar-refractivity contribution in [2.24, 2.45) is 0 Å². The molecular formula is C22H22N2O2S. The molecule has 2 atom stereocenters. The SMILES string of the molecule is Cc1cc([C@@H]2NC[C@@H](C(=O)O)S2)c(C)n1-c1ccc(-c2ccccc2)cc1. The van der Waals surface area contributed by atoms with E-state index in [1.165, 1.54) is 22.9 Å². The fourth-order valence-electron chi connectivity index (χ4n) is 3.69. The van der Waals surface area contributed by atoms with Crippen molar-refractivity contribution in [3.8, 4) is 16.8 Å². The van der Waals surface area contributed by atoms with Crippen molar-refractivity contribution in [2.45, 2.75) is 24.5 Å². The highest BCUT2D eigenvalue weighted by atomic mass is 32.2. The van der Waals surface area contributed by atoms with Crippen LogP contribution >= 0.6 is 11.8 Å². The first-order valence-electron chi connectivity index (χ1n) is 9.01. The van der Waals surface area contributed by atoms with Crippen LogP contribution in [0.4, 0.5) is 0 Å². The maximum atomic E-state index is 11.2. The third-order valence-corrected chi connectivity index (χ3v) is 6.44. The Morgan fingerprint density at radius 2 is 1.74 bits per heavy atom. The quantitative estimate of drug-likeness (QED) is 0.699. The lowest BCUT2D eigenvalue weighted by molar-refractivity contribution is -0.136. The maximum Gasteiger partial charge on any atom is 0.318 e. The molecule has 1 aliphatic heterocycles. The minimum absolute atomic E-state index is 0.0228. The first kappa shape index (κ1) is 17.9. The minimum atomic E-state index is -0.750. The van der Waals surface area contributed by atoms with Gasteiger partial charge in [-0.2, -0.15) is 0 Å². The third kappa shape index (κ3) is 3.40. The number of aliphatic carboxylic acids is 1.